The van der Waals surface area contributed by atoms with Crippen molar-refractivity contribution in [3.05, 3.63) is 70.6 Å². The highest BCUT2D eigenvalue weighted by Crippen LogP contribution is 2.37. The topological polar surface area (TPSA) is 62.1 Å². The van der Waals surface area contributed by atoms with Gasteiger partial charge in [0, 0.05) is 12.1 Å². The van der Waals surface area contributed by atoms with Gasteiger partial charge >= 0.3 is 0 Å². The zero-order chi connectivity index (χ0) is 21.0. The van der Waals surface area contributed by atoms with Crippen molar-refractivity contribution in [1.82, 2.24) is 4.90 Å². The van der Waals surface area contributed by atoms with Crippen LogP contribution in [-0.2, 0) is 11.2 Å². The Labute approximate surface area is 175 Å². The minimum absolute atomic E-state index is 0.0827. The summed E-state index contributed by atoms with van der Waals surface area (Å²) in [6.07, 6.45) is 4.02. The van der Waals surface area contributed by atoms with Gasteiger partial charge in [0.1, 0.15) is 0 Å². The summed E-state index contributed by atoms with van der Waals surface area (Å²) in [5, 5.41) is 10.9. The molecule has 3 rings (SSSR count). The molecule has 1 fully saturated rings. The Morgan fingerprint density at radius 1 is 1.28 bits per heavy atom. The summed E-state index contributed by atoms with van der Waals surface area (Å²) in [5.74, 6) is 0.380. The molecule has 0 bridgehead atoms. The van der Waals surface area contributed by atoms with Crippen molar-refractivity contribution in [2.75, 3.05) is 13.7 Å². The standard InChI is InChI=1S/C23H24N2O3S/c1-5-7-17-12-16(13-19(28-4)21(17)26)14-20-22(27)25(6-2)23(29-20)24-18-10-8-15(3)9-11-18/h5,8-14,26H,1,6-7H2,2-4H3/b20-14+,24-23?. The minimum Gasteiger partial charge on any atom is -0.504 e. The number of likely N-dealkylation sites (N-methyl/N-ethyl adjacent to an activating group) is 1. The number of phenols is 1. The first-order chi connectivity index (χ1) is 14.0. The molecule has 1 aliphatic rings. The number of hydrogen-bond donors (Lipinski definition) is 1. The van der Waals surface area contributed by atoms with Crippen molar-refractivity contribution in [2.45, 2.75) is 20.3 Å². The van der Waals surface area contributed by atoms with Gasteiger partial charge in [-0.1, -0.05) is 23.8 Å². The molecule has 0 atom stereocenters. The molecular weight excluding hydrogens is 384 g/mol. The number of methoxy groups -OCH3 is 1. The molecule has 0 saturated carbocycles. The lowest BCUT2D eigenvalue weighted by atomic mass is 10.1. The van der Waals surface area contributed by atoms with Crippen LogP contribution in [0.15, 0.2) is 59.0 Å². The molecule has 5 nitrogen and oxygen atoms in total. The highest BCUT2D eigenvalue weighted by Gasteiger charge is 2.32. The SMILES string of the molecule is C=CCc1cc(/C=C2/SC(=Nc3ccc(C)cc3)N(CC)C2=O)cc(OC)c1O. The van der Waals surface area contributed by atoms with E-state index in [0.717, 1.165) is 16.8 Å². The molecule has 1 saturated heterocycles. The molecule has 6 heteroatoms. The van der Waals surface area contributed by atoms with E-state index in [0.29, 0.717) is 34.4 Å². The average molecular weight is 409 g/mol. The summed E-state index contributed by atoms with van der Waals surface area (Å²) in [5.41, 5.74) is 3.45. The number of amidine groups is 1. The van der Waals surface area contributed by atoms with Crippen molar-refractivity contribution in [3.63, 3.8) is 0 Å². The molecule has 29 heavy (non-hydrogen) atoms. The Hall–Kier alpha value is -2.99. The van der Waals surface area contributed by atoms with Crippen LogP contribution in [0.5, 0.6) is 11.5 Å². The number of thioether (sulfide) groups is 1. The number of benzene rings is 2. The number of nitrogens with zero attached hydrogens (tertiary/aromatic N) is 2. The second kappa shape index (κ2) is 9.01. The number of allylic oxidation sites excluding steroid dienone is 1. The number of aryl methyl sites for hydroxylation is 1. The van der Waals surface area contributed by atoms with E-state index in [1.807, 2.05) is 50.3 Å². The van der Waals surface area contributed by atoms with Gasteiger partial charge in [-0.05, 0) is 67.9 Å². The number of carbonyl (C=O) groups is 1. The maximum Gasteiger partial charge on any atom is 0.266 e. The quantitative estimate of drug-likeness (QED) is 0.536. The minimum atomic E-state index is -0.0827. The van der Waals surface area contributed by atoms with Crippen molar-refractivity contribution in [1.29, 1.82) is 0 Å². The van der Waals surface area contributed by atoms with E-state index in [9.17, 15) is 9.90 Å². The molecule has 1 aliphatic heterocycles. The van der Waals surface area contributed by atoms with Crippen LogP contribution in [0, 0.1) is 6.92 Å². The molecule has 150 valence electrons. The van der Waals surface area contributed by atoms with Crippen LogP contribution in [-0.4, -0.2) is 34.7 Å². The van der Waals surface area contributed by atoms with Crippen LogP contribution in [0.25, 0.3) is 6.08 Å². The number of ether oxygens (including phenoxy) is 1. The number of aromatic hydroxyl groups is 1. The number of phenolic OH excluding ortho intramolecular Hbond substituents is 1. The Kier molecular flexibility index (Phi) is 6.44. The first-order valence-electron chi connectivity index (χ1n) is 9.34. The molecule has 0 spiro atoms. The van der Waals surface area contributed by atoms with Gasteiger partial charge in [-0.3, -0.25) is 9.69 Å². The van der Waals surface area contributed by atoms with Gasteiger partial charge in [-0.15, -0.1) is 6.58 Å². The first-order valence-corrected chi connectivity index (χ1v) is 10.2. The second-order valence-corrected chi connectivity index (χ2v) is 7.62. The van der Waals surface area contributed by atoms with Gasteiger partial charge in [0.25, 0.3) is 5.91 Å². The molecule has 1 amide bonds. The van der Waals surface area contributed by atoms with Crippen molar-refractivity contribution in [3.8, 4) is 11.5 Å². The van der Waals surface area contributed by atoms with Crippen molar-refractivity contribution >= 4 is 34.6 Å². The van der Waals surface area contributed by atoms with Gasteiger partial charge in [-0.2, -0.15) is 0 Å². The Balaban J connectivity index is 1.97. The normalized spacial score (nSPS) is 16.7. The summed E-state index contributed by atoms with van der Waals surface area (Å²) >= 11 is 1.35. The van der Waals surface area contributed by atoms with Crippen LogP contribution >= 0.6 is 11.8 Å². The first kappa shape index (κ1) is 20.7. The Morgan fingerprint density at radius 3 is 2.62 bits per heavy atom. The smallest absolute Gasteiger partial charge is 0.266 e. The van der Waals surface area contributed by atoms with E-state index >= 15 is 0 Å². The molecular formula is C23H24N2O3S. The Bertz CT molecular complexity index is 994. The number of hydrogen-bond acceptors (Lipinski definition) is 5. The summed E-state index contributed by atoms with van der Waals surface area (Å²) in [6, 6.07) is 11.4. The van der Waals surface area contributed by atoms with E-state index in [1.165, 1.54) is 18.9 Å². The van der Waals surface area contributed by atoms with E-state index < -0.39 is 0 Å². The van der Waals surface area contributed by atoms with Crippen molar-refractivity contribution in [2.24, 2.45) is 4.99 Å². The van der Waals surface area contributed by atoms with Gasteiger partial charge in [0.2, 0.25) is 0 Å². The van der Waals surface area contributed by atoms with Gasteiger partial charge in [0.05, 0.1) is 17.7 Å². The number of aliphatic imine (C=N–C) groups is 1. The van der Waals surface area contributed by atoms with Crippen LogP contribution in [0.3, 0.4) is 0 Å². The second-order valence-electron chi connectivity index (χ2n) is 6.61. The predicted octanol–water partition coefficient (Wildman–Crippen LogP) is 5.06. The molecule has 0 radical (unpaired) electrons. The molecule has 0 unspecified atom stereocenters. The van der Waals surface area contributed by atoms with Crippen LogP contribution in [0.2, 0.25) is 0 Å². The lowest BCUT2D eigenvalue weighted by Crippen LogP contribution is -2.28. The number of rotatable bonds is 6. The summed E-state index contributed by atoms with van der Waals surface area (Å²) in [7, 11) is 1.50. The van der Waals surface area contributed by atoms with Crippen molar-refractivity contribution < 1.29 is 14.6 Å². The lowest BCUT2D eigenvalue weighted by Gasteiger charge is -2.12. The fourth-order valence-electron chi connectivity index (χ4n) is 2.99. The van der Waals surface area contributed by atoms with Crippen LogP contribution in [0.4, 0.5) is 5.69 Å². The molecule has 0 aliphatic carbocycles. The highest BCUT2D eigenvalue weighted by molar-refractivity contribution is 8.18. The fourth-order valence-corrected chi connectivity index (χ4v) is 4.05. The summed E-state index contributed by atoms with van der Waals surface area (Å²) < 4.78 is 5.28. The van der Waals surface area contributed by atoms with Crippen LogP contribution in [0.1, 0.15) is 23.6 Å². The maximum atomic E-state index is 12.9. The lowest BCUT2D eigenvalue weighted by molar-refractivity contribution is -0.122. The van der Waals surface area contributed by atoms with E-state index in [1.54, 1.807) is 17.0 Å². The third-order valence-corrected chi connectivity index (χ3v) is 5.53. The third-order valence-electron chi connectivity index (χ3n) is 4.52. The Morgan fingerprint density at radius 2 is 2.00 bits per heavy atom. The molecule has 1 heterocycles. The van der Waals surface area contributed by atoms with E-state index in [2.05, 4.69) is 11.6 Å². The van der Waals surface area contributed by atoms with Crippen LogP contribution < -0.4 is 4.74 Å². The predicted molar refractivity (Wildman–Crippen MR) is 120 cm³/mol. The monoisotopic (exact) mass is 408 g/mol. The van der Waals surface area contributed by atoms with E-state index in [4.69, 9.17) is 4.74 Å². The number of carbonyl (C=O) groups excluding carboxylic acids is 1. The summed E-state index contributed by atoms with van der Waals surface area (Å²) in [4.78, 5) is 19.8. The molecule has 1 N–H and O–H groups in total. The molecule has 0 aromatic heterocycles. The fraction of sp³-hybridized carbons (Fsp3) is 0.217. The van der Waals surface area contributed by atoms with Gasteiger partial charge < -0.3 is 9.84 Å². The molecule has 2 aromatic rings. The zero-order valence-corrected chi connectivity index (χ0v) is 17.6. The van der Waals surface area contributed by atoms with E-state index in [-0.39, 0.29) is 11.7 Å². The largest absolute Gasteiger partial charge is 0.504 e. The van der Waals surface area contributed by atoms with Gasteiger partial charge in [-0.25, -0.2) is 4.99 Å². The third kappa shape index (κ3) is 4.54. The maximum absolute atomic E-state index is 12.9. The van der Waals surface area contributed by atoms with Gasteiger partial charge in [0.15, 0.2) is 16.7 Å². The zero-order valence-electron chi connectivity index (χ0n) is 16.8. The molecule has 2 aromatic carbocycles. The highest BCUT2D eigenvalue weighted by atomic mass is 32.2. The number of amides is 1. The summed E-state index contributed by atoms with van der Waals surface area (Å²) in [6.45, 7) is 8.21. The average Bonchev–Trinajstić information content (AvgIpc) is 3.00.